The average molecular weight is 277 g/mol. The highest BCUT2D eigenvalue weighted by Gasteiger charge is 2.35. The molecule has 1 saturated heterocycles. The first-order valence-corrected chi connectivity index (χ1v) is 7.30. The van der Waals surface area contributed by atoms with E-state index in [1.165, 1.54) is 6.07 Å². The number of ether oxygens (including phenoxy) is 1. The van der Waals surface area contributed by atoms with Gasteiger partial charge in [0.15, 0.2) is 0 Å². The van der Waals surface area contributed by atoms with Crippen molar-refractivity contribution in [2.45, 2.75) is 32.2 Å². The Balaban J connectivity index is 1.77. The molecule has 1 unspecified atom stereocenters. The first-order chi connectivity index (χ1) is 9.65. The third-order valence-corrected chi connectivity index (χ3v) is 4.08. The van der Waals surface area contributed by atoms with Crippen LogP contribution in [0.25, 0.3) is 0 Å². The molecule has 3 rings (SSSR count). The molecule has 108 valence electrons. The van der Waals surface area contributed by atoms with Crippen LogP contribution >= 0.6 is 0 Å². The lowest BCUT2D eigenvalue weighted by Crippen LogP contribution is -2.37. The van der Waals surface area contributed by atoms with Crippen LogP contribution in [-0.2, 0) is 4.74 Å². The van der Waals surface area contributed by atoms with Gasteiger partial charge in [-0.05, 0) is 43.9 Å². The number of halogens is 1. The normalized spacial score (nSPS) is 22.0. The van der Waals surface area contributed by atoms with E-state index in [-0.39, 0.29) is 11.5 Å². The topological polar surface area (TPSA) is 29.5 Å². The SMILES string of the molecule is Cc1ccc(C(=O)N(CC2CCOC2)C2CC2)c(F)c1. The molecule has 20 heavy (non-hydrogen) atoms. The van der Waals surface area contributed by atoms with Crippen molar-refractivity contribution in [3.05, 3.63) is 35.1 Å². The van der Waals surface area contributed by atoms with E-state index in [0.29, 0.717) is 25.1 Å². The number of amides is 1. The molecule has 1 atom stereocenters. The van der Waals surface area contributed by atoms with E-state index in [4.69, 9.17) is 4.74 Å². The van der Waals surface area contributed by atoms with Crippen LogP contribution in [0.5, 0.6) is 0 Å². The first-order valence-electron chi connectivity index (χ1n) is 7.30. The maximum absolute atomic E-state index is 14.0. The van der Waals surface area contributed by atoms with Gasteiger partial charge in [0, 0.05) is 25.1 Å². The molecular weight excluding hydrogens is 257 g/mol. The van der Waals surface area contributed by atoms with Crippen molar-refractivity contribution in [3.63, 3.8) is 0 Å². The van der Waals surface area contributed by atoms with Gasteiger partial charge < -0.3 is 9.64 Å². The molecule has 0 N–H and O–H groups in total. The van der Waals surface area contributed by atoms with Crippen LogP contribution in [0.15, 0.2) is 18.2 Å². The van der Waals surface area contributed by atoms with Crippen LogP contribution in [-0.4, -0.2) is 36.6 Å². The monoisotopic (exact) mass is 277 g/mol. The molecule has 3 nitrogen and oxygen atoms in total. The van der Waals surface area contributed by atoms with Gasteiger partial charge in [0.2, 0.25) is 0 Å². The van der Waals surface area contributed by atoms with Gasteiger partial charge in [-0.1, -0.05) is 6.07 Å². The zero-order chi connectivity index (χ0) is 14.1. The van der Waals surface area contributed by atoms with Gasteiger partial charge in [0.25, 0.3) is 5.91 Å². The van der Waals surface area contributed by atoms with Gasteiger partial charge in [0.05, 0.1) is 12.2 Å². The van der Waals surface area contributed by atoms with Crippen molar-refractivity contribution in [2.24, 2.45) is 5.92 Å². The summed E-state index contributed by atoms with van der Waals surface area (Å²) in [4.78, 5) is 14.4. The second-order valence-electron chi connectivity index (χ2n) is 5.90. The van der Waals surface area contributed by atoms with E-state index in [9.17, 15) is 9.18 Å². The number of nitrogens with zero attached hydrogens (tertiary/aromatic N) is 1. The maximum Gasteiger partial charge on any atom is 0.257 e. The third kappa shape index (κ3) is 2.85. The molecule has 1 saturated carbocycles. The number of carbonyl (C=O) groups excluding carboxylic acids is 1. The fourth-order valence-corrected chi connectivity index (χ4v) is 2.74. The van der Waals surface area contributed by atoms with Gasteiger partial charge in [0.1, 0.15) is 5.82 Å². The third-order valence-electron chi connectivity index (χ3n) is 4.08. The van der Waals surface area contributed by atoms with Crippen molar-refractivity contribution in [1.82, 2.24) is 4.90 Å². The quantitative estimate of drug-likeness (QED) is 0.847. The Bertz CT molecular complexity index is 507. The van der Waals surface area contributed by atoms with Crippen molar-refractivity contribution >= 4 is 5.91 Å². The number of hydrogen-bond donors (Lipinski definition) is 0. The highest BCUT2D eigenvalue weighted by atomic mass is 19.1. The lowest BCUT2D eigenvalue weighted by Gasteiger charge is -2.25. The van der Waals surface area contributed by atoms with E-state index >= 15 is 0 Å². The molecule has 0 spiro atoms. The highest BCUT2D eigenvalue weighted by molar-refractivity contribution is 5.95. The number of rotatable bonds is 4. The average Bonchev–Trinajstić information content (AvgIpc) is 3.12. The summed E-state index contributed by atoms with van der Waals surface area (Å²) < 4.78 is 19.4. The van der Waals surface area contributed by atoms with Crippen LogP contribution in [0.2, 0.25) is 0 Å². The lowest BCUT2D eigenvalue weighted by molar-refractivity contribution is 0.0701. The van der Waals surface area contributed by atoms with Crippen molar-refractivity contribution < 1.29 is 13.9 Å². The van der Waals surface area contributed by atoms with Gasteiger partial charge in [-0.3, -0.25) is 4.79 Å². The van der Waals surface area contributed by atoms with Crippen molar-refractivity contribution in [3.8, 4) is 0 Å². The highest BCUT2D eigenvalue weighted by Crippen LogP contribution is 2.30. The van der Waals surface area contributed by atoms with Gasteiger partial charge >= 0.3 is 0 Å². The summed E-state index contributed by atoms with van der Waals surface area (Å²) in [7, 11) is 0. The summed E-state index contributed by atoms with van der Waals surface area (Å²) in [6, 6.07) is 5.12. The van der Waals surface area contributed by atoms with E-state index in [0.717, 1.165) is 31.4 Å². The molecule has 4 heteroatoms. The van der Waals surface area contributed by atoms with E-state index < -0.39 is 5.82 Å². The smallest absolute Gasteiger partial charge is 0.257 e. The van der Waals surface area contributed by atoms with Crippen LogP contribution in [0.3, 0.4) is 0 Å². The minimum atomic E-state index is -0.414. The Morgan fingerprint density at radius 2 is 2.20 bits per heavy atom. The molecule has 2 fully saturated rings. The molecule has 1 amide bonds. The molecule has 1 aromatic rings. The zero-order valence-corrected chi connectivity index (χ0v) is 11.8. The standard InChI is InChI=1S/C16H20FNO2/c1-11-2-5-14(15(17)8-11)16(19)18(13-3-4-13)9-12-6-7-20-10-12/h2,5,8,12-13H,3-4,6-7,9-10H2,1H3. The molecule has 0 aromatic heterocycles. The Hall–Kier alpha value is -1.42. The molecule has 0 radical (unpaired) electrons. The number of hydrogen-bond acceptors (Lipinski definition) is 2. The number of aryl methyl sites for hydroxylation is 1. The summed E-state index contributed by atoms with van der Waals surface area (Å²) in [6.07, 6.45) is 3.06. The molecule has 1 aromatic carbocycles. The van der Waals surface area contributed by atoms with E-state index in [1.807, 2.05) is 11.8 Å². The van der Waals surface area contributed by atoms with E-state index in [1.54, 1.807) is 12.1 Å². The minimum Gasteiger partial charge on any atom is -0.381 e. The summed E-state index contributed by atoms with van der Waals surface area (Å²) in [5.74, 6) is -0.187. The fourth-order valence-electron chi connectivity index (χ4n) is 2.74. The Morgan fingerprint density at radius 3 is 2.80 bits per heavy atom. The maximum atomic E-state index is 14.0. The molecule has 1 aliphatic heterocycles. The van der Waals surface area contributed by atoms with Gasteiger partial charge in [-0.2, -0.15) is 0 Å². The summed E-state index contributed by atoms with van der Waals surface area (Å²) >= 11 is 0. The molecule has 2 aliphatic rings. The van der Waals surface area contributed by atoms with E-state index in [2.05, 4.69) is 0 Å². The Labute approximate surface area is 118 Å². The summed E-state index contributed by atoms with van der Waals surface area (Å²) in [6.45, 7) is 4.01. The van der Waals surface area contributed by atoms with Crippen LogP contribution in [0, 0.1) is 18.7 Å². The largest absolute Gasteiger partial charge is 0.381 e. The Morgan fingerprint density at radius 1 is 1.40 bits per heavy atom. The predicted octanol–water partition coefficient (Wildman–Crippen LogP) is 2.78. The Kier molecular flexibility index (Phi) is 3.74. The second kappa shape index (κ2) is 5.52. The summed E-state index contributed by atoms with van der Waals surface area (Å²) in [5, 5.41) is 0. The second-order valence-corrected chi connectivity index (χ2v) is 5.90. The minimum absolute atomic E-state index is 0.170. The van der Waals surface area contributed by atoms with Crippen LogP contribution < -0.4 is 0 Å². The fraction of sp³-hybridized carbons (Fsp3) is 0.562. The van der Waals surface area contributed by atoms with Crippen molar-refractivity contribution in [1.29, 1.82) is 0 Å². The van der Waals surface area contributed by atoms with Gasteiger partial charge in [-0.25, -0.2) is 4.39 Å². The predicted molar refractivity (Wildman–Crippen MR) is 74.1 cm³/mol. The number of benzene rings is 1. The summed E-state index contributed by atoms with van der Waals surface area (Å²) in [5.41, 5.74) is 1.03. The van der Waals surface area contributed by atoms with Crippen LogP contribution in [0.4, 0.5) is 4.39 Å². The lowest BCUT2D eigenvalue weighted by atomic mass is 10.1. The molecule has 0 bridgehead atoms. The zero-order valence-electron chi connectivity index (χ0n) is 11.8. The van der Waals surface area contributed by atoms with Gasteiger partial charge in [-0.15, -0.1) is 0 Å². The van der Waals surface area contributed by atoms with Crippen molar-refractivity contribution in [2.75, 3.05) is 19.8 Å². The first kappa shape index (κ1) is 13.6. The number of carbonyl (C=O) groups is 1. The molecule has 1 heterocycles. The van der Waals surface area contributed by atoms with Crippen LogP contribution in [0.1, 0.15) is 35.2 Å². The molecular formula is C16H20FNO2. The molecule has 1 aliphatic carbocycles.